The number of ether oxygens (including phenoxy) is 1. The summed E-state index contributed by atoms with van der Waals surface area (Å²) in [5.74, 6) is 1.65. The third-order valence-electron chi connectivity index (χ3n) is 3.87. The average molecular weight is 390 g/mol. The molecule has 134 valence electrons. The molecule has 26 heavy (non-hydrogen) atoms. The highest BCUT2D eigenvalue weighted by atomic mass is 35.5. The SMILES string of the molecule is CSNc1cc(Oc2ccc3nc(NC(=O)C4CC4)cn3n2)ccc1Cl. The molecule has 1 amide bonds. The number of anilines is 2. The first-order valence-corrected chi connectivity index (χ1v) is 9.66. The molecule has 3 aromatic rings. The van der Waals surface area contributed by atoms with Gasteiger partial charge in [0.1, 0.15) is 5.75 Å². The molecule has 2 heterocycles. The minimum Gasteiger partial charge on any atom is -0.438 e. The third kappa shape index (κ3) is 3.71. The van der Waals surface area contributed by atoms with Crippen LogP contribution in [0, 0.1) is 5.92 Å². The summed E-state index contributed by atoms with van der Waals surface area (Å²) < 4.78 is 10.5. The number of nitrogens with one attached hydrogen (secondary N) is 2. The number of hydrogen-bond donors (Lipinski definition) is 2. The minimum atomic E-state index is 0.0138. The van der Waals surface area contributed by atoms with Crippen LogP contribution in [0.1, 0.15) is 12.8 Å². The van der Waals surface area contributed by atoms with Gasteiger partial charge in [0.05, 0.1) is 16.9 Å². The molecular formula is C17H16ClN5O2S. The van der Waals surface area contributed by atoms with Crippen LogP contribution in [0.3, 0.4) is 0 Å². The Kier molecular flexibility index (Phi) is 4.60. The Labute approximate surface area is 159 Å². The number of fused-ring (bicyclic) bond motifs is 1. The smallest absolute Gasteiger partial charge is 0.237 e. The fourth-order valence-electron chi connectivity index (χ4n) is 2.43. The zero-order valence-corrected chi connectivity index (χ0v) is 15.5. The Bertz CT molecular complexity index is 973. The quantitative estimate of drug-likeness (QED) is 0.614. The maximum absolute atomic E-state index is 11.8. The number of imidazole rings is 1. The molecule has 7 nitrogen and oxygen atoms in total. The molecular weight excluding hydrogens is 374 g/mol. The second-order valence-electron chi connectivity index (χ2n) is 5.91. The molecule has 0 atom stereocenters. The van der Waals surface area contributed by atoms with Crippen molar-refractivity contribution in [1.82, 2.24) is 14.6 Å². The van der Waals surface area contributed by atoms with E-state index in [1.807, 2.05) is 6.26 Å². The van der Waals surface area contributed by atoms with Gasteiger partial charge < -0.3 is 14.8 Å². The number of halogens is 1. The van der Waals surface area contributed by atoms with Crippen LogP contribution in [0.25, 0.3) is 5.65 Å². The van der Waals surface area contributed by atoms with E-state index in [0.717, 1.165) is 18.5 Å². The molecule has 1 aliphatic rings. The second kappa shape index (κ2) is 7.05. The first-order chi connectivity index (χ1) is 12.6. The van der Waals surface area contributed by atoms with Crippen molar-refractivity contribution in [3.63, 3.8) is 0 Å². The van der Waals surface area contributed by atoms with Crippen molar-refractivity contribution in [2.75, 3.05) is 16.3 Å². The van der Waals surface area contributed by atoms with Crippen LogP contribution in [0.15, 0.2) is 36.5 Å². The van der Waals surface area contributed by atoms with Gasteiger partial charge in [0.2, 0.25) is 11.8 Å². The van der Waals surface area contributed by atoms with E-state index in [9.17, 15) is 4.79 Å². The van der Waals surface area contributed by atoms with E-state index in [4.69, 9.17) is 16.3 Å². The van der Waals surface area contributed by atoms with Gasteiger partial charge in [-0.05, 0) is 31.0 Å². The Hall–Kier alpha value is -2.45. The standard InChI is InChI=1S/C17H16ClN5O2S/c1-26-22-13-8-11(4-5-12(13)18)25-16-7-6-15-19-14(9-23(15)21-16)20-17(24)10-2-3-10/h4-10,22H,2-3H2,1H3,(H,20,24). The largest absolute Gasteiger partial charge is 0.438 e. The van der Waals surface area contributed by atoms with Gasteiger partial charge in [-0.3, -0.25) is 4.79 Å². The van der Waals surface area contributed by atoms with Crippen molar-refractivity contribution in [2.45, 2.75) is 12.8 Å². The number of carbonyl (C=O) groups is 1. The molecule has 1 aliphatic carbocycles. The van der Waals surface area contributed by atoms with Gasteiger partial charge in [-0.15, -0.1) is 5.10 Å². The fourth-order valence-corrected chi connectivity index (χ4v) is 3.04. The van der Waals surface area contributed by atoms with Gasteiger partial charge in [0.15, 0.2) is 11.5 Å². The zero-order chi connectivity index (χ0) is 18.1. The highest BCUT2D eigenvalue weighted by Gasteiger charge is 2.30. The van der Waals surface area contributed by atoms with Crippen LogP contribution >= 0.6 is 23.5 Å². The lowest BCUT2D eigenvalue weighted by molar-refractivity contribution is -0.117. The molecule has 1 fully saturated rings. The van der Waals surface area contributed by atoms with Gasteiger partial charge in [0, 0.05) is 24.3 Å². The van der Waals surface area contributed by atoms with E-state index in [1.165, 1.54) is 11.9 Å². The van der Waals surface area contributed by atoms with Gasteiger partial charge >= 0.3 is 0 Å². The van der Waals surface area contributed by atoms with Gasteiger partial charge in [-0.1, -0.05) is 23.5 Å². The third-order valence-corrected chi connectivity index (χ3v) is 4.62. The van der Waals surface area contributed by atoms with Gasteiger partial charge in [0.25, 0.3) is 0 Å². The summed E-state index contributed by atoms with van der Waals surface area (Å²) >= 11 is 7.58. The van der Waals surface area contributed by atoms with Crippen molar-refractivity contribution < 1.29 is 9.53 Å². The molecule has 0 spiro atoms. The summed E-state index contributed by atoms with van der Waals surface area (Å²) in [5, 5.41) is 7.80. The molecule has 0 saturated heterocycles. The normalized spacial score (nSPS) is 13.6. The summed E-state index contributed by atoms with van der Waals surface area (Å²) in [6.07, 6.45) is 5.48. The van der Waals surface area contributed by atoms with E-state index in [0.29, 0.717) is 28.1 Å². The molecule has 9 heteroatoms. The molecule has 2 aromatic heterocycles. The van der Waals surface area contributed by atoms with Crippen LogP contribution in [0.2, 0.25) is 5.02 Å². The number of nitrogens with zero attached hydrogens (tertiary/aromatic N) is 3. The van der Waals surface area contributed by atoms with Crippen molar-refractivity contribution in [1.29, 1.82) is 0 Å². The zero-order valence-electron chi connectivity index (χ0n) is 13.9. The Balaban J connectivity index is 1.53. The maximum atomic E-state index is 11.8. The predicted molar refractivity (Wildman–Crippen MR) is 103 cm³/mol. The first-order valence-electron chi connectivity index (χ1n) is 8.06. The minimum absolute atomic E-state index is 0.0138. The highest BCUT2D eigenvalue weighted by molar-refractivity contribution is 7.99. The van der Waals surface area contributed by atoms with E-state index < -0.39 is 0 Å². The van der Waals surface area contributed by atoms with Crippen molar-refractivity contribution in [2.24, 2.45) is 5.92 Å². The molecule has 0 radical (unpaired) electrons. The average Bonchev–Trinajstić information content (AvgIpc) is 3.39. The van der Waals surface area contributed by atoms with Crippen LogP contribution in [0.4, 0.5) is 11.5 Å². The Morgan fingerprint density at radius 2 is 2.19 bits per heavy atom. The van der Waals surface area contributed by atoms with E-state index in [-0.39, 0.29) is 11.8 Å². The van der Waals surface area contributed by atoms with Crippen LogP contribution in [0.5, 0.6) is 11.6 Å². The molecule has 0 aliphatic heterocycles. The number of benzene rings is 1. The Morgan fingerprint density at radius 3 is 2.96 bits per heavy atom. The van der Waals surface area contributed by atoms with Crippen molar-refractivity contribution >= 4 is 46.6 Å². The maximum Gasteiger partial charge on any atom is 0.237 e. The molecule has 1 saturated carbocycles. The highest BCUT2D eigenvalue weighted by Crippen LogP contribution is 2.31. The van der Waals surface area contributed by atoms with E-state index in [1.54, 1.807) is 41.0 Å². The number of rotatable bonds is 6. The second-order valence-corrected chi connectivity index (χ2v) is 6.93. The van der Waals surface area contributed by atoms with Gasteiger partial charge in [-0.25, -0.2) is 9.50 Å². The lowest BCUT2D eigenvalue weighted by atomic mass is 10.3. The molecule has 4 rings (SSSR count). The van der Waals surface area contributed by atoms with E-state index >= 15 is 0 Å². The summed E-state index contributed by atoms with van der Waals surface area (Å²) in [6.45, 7) is 0. The molecule has 2 N–H and O–H groups in total. The predicted octanol–water partition coefficient (Wildman–Crippen LogP) is 4.21. The number of hydrogen-bond acceptors (Lipinski definition) is 6. The number of amides is 1. The van der Waals surface area contributed by atoms with Crippen LogP contribution < -0.4 is 14.8 Å². The van der Waals surface area contributed by atoms with Crippen molar-refractivity contribution in [3.8, 4) is 11.6 Å². The summed E-state index contributed by atoms with van der Waals surface area (Å²) in [7, 11) is 0. The topological polar surface area (TPSA) is 80.5 Å². The van der Waals surface area contributed by atoms with Crippen LogP contribution in [-0.2, 0) is 4.79 Å². The summed E-state index contributed by atoms with van der Waals surface area (Å²) in [5.41, 5.74) is 1.40. The van der Waals surface area contributed by atoms with Crippen LogP contribution in [-0.4, -0.2) is 26.8 Å². The summed E-state index contributed by atoms with van der Waals surface area (Å²) in [4.78, 5) is 16.2. The lowest BCUT2D eigenvalue weighted by Gasteiger charge is -2.09. The Morgan fingerprint density at radius 1 is 1.35 bits per heavy atom. The lowest BCUT2D eigenvalue weighted by Crippen LogP contribution is -2.13. The fraction of sp³-hybridized carbons (Fsp3) is 0.235. The first kappa shape index (κ1) is 17.0. The molecule has 0 unspecified atom stereocenters. The molecule has 0 bridgehead atoms. The monoisotopic (exact) mass is 389 g/mol. The summed E-state index contributed by atoms with van der Waals surface area (Å²) in [6, 6.07) is 8.85. The number of carbonyl (C=O) groups excluding carboxylic acids is 1. The van der Waals surface area contributed by atoms with Crippen molar-refractivity contribution in [3.05, 3.63) is 41.6 Å². The number of aromatic nitrogens is 3. The van der Waals surface area contributed by atoms with Gasteiger partial charge in [-0.2, -0.15) is 0 Å². The van der Waals surface area contributed by atoms with E-state index in [2.05, 4.69) is 20.1 Å². The molecule has 1 aromatic carbocycles.